The Morgan fingerprint density at radius 2 is 2.28 bits per heavy atom. The summed E-state index contributed by atoms with van der Waals surface area (Å²) in [7, 11) is 0. The molecule has 0 atom stereocenters. The van der Waals surface area contributed by atoms with Crippen LogP contribution in [-0.2, 0) is 4.79 Å². The van der Waals surface area contributed by atoms with E-state index in [4.69, 9.17) is 0 Å². The zero-order valence-corrected chi connectivity index (χ0v) is 10.5. The van der Waals surface area contributed by atoms with Crippen molar-refractivity contribution in [3.05, 3.63) is 24.3 Å². The molecule has 1 amide bonds. The summed E-state index contributed by atoms with van der Waals surface area (Å²) in [4.78, 5) is 16.0. The first-order valence-electron chi connectivity index (χ1n) is 6.30. The number of anilines is 1. The third kappa shape index (κ3) is 2.51. The maximum atomic E-state index is 13.5. The van der Waals surface area contributed by atoms with Crippen LogP contribution in [0.4, 0.5) is 10.1 Å². The standard InChI is InChI=1S/C13H18FN3O/c1-2-13(4-7-15-8-5-13)12(18)17-11-3-6-16-9-10(11)14/h3,6,9,15H,2,4-5,7-8H2,1H3,(H,16,17,18). The number of piperidine rings is 1. The maximum Gasteiger partial charge on any atom is 0.230 e. The molecule has 5 heteroatoms. The lowest BCUT2D eigenvalue weighted by atomic mass is 9.76. The first-order valence-corrected chi connectivity index (χ1v) is 6.30. The molecule has 1 aromatic rings. The summed E-state index contributed by atoms with van der Waals surface area (Å²) in [5.41, 5.74) is -0.164. The van der Waals surface area contributed by atoms with Crippen LogP contribution in [0.1, 0.15) is 26.2 Å². The summed E-state index contributed by atoms with van der Waals surface area (Å²) in [6, 6.07) is 1.48. The number of carbonyl (C=O) groups excluding carboxylic acids is 1. The fraction of sp³-hybridized carbons (Fsp3) is 0.538. The zero-order chi connectivity index (χ0) is 13.0. The predicted molar refractivity (Wildman–Crippen MR) is 67.7 cm³/mol. The average molecular weight is 251 g/mol. The van der Waals surface area contributed by atoms with Crippen molar-refractivity contribution >= 4 is 11.6 Å². The van der Waals surface area contributed by atoms with E-state index in [1.165, 1.54) is 12.3 Å². The number of nitrogens with one attached hydrogen (secondary N) is 2. The van der Waals surface area contributed by atoms with Crippen molar-refractivity contribution < 1.29 is 9.18 Å². The van der Waals surface area contributed by atoms with Gasteiger partial charge in [0.25, 0.3) is 0 Å². The van der Waals surface area contributed by atoms with Crippen LogP contribution in [0.15, 0.2) is 18.5 Å². The van der Waals surface area contributed by atoms with Crippen LogP contribution in [0.2, 0.25) is 0 Å². The van der Waals surface area contributed by atoms with Crippen molar-refractivity contribution in [2.75, 3.05) is 18.4 Å². The van der Waals surface area contributed by atoms with Gasteiger partial charge in [-0.2, -0.15) is 0 Å². The summed E-state index contributed by atoms with van der Waals surface area (Å²) < 4.78 is 13.5. The average Bonchev–Trinajstić information content (AvgIpc) is 2.42. The highest BCUT2D eigenvalue weighted by atomic mass is 19.1. The number of nitrogens with zero attached hydrogens (tertiary/aromatic N) is 1. The van der Waals surface area contributed by atoms with Gasteiger partial charge in [-0.3, -0.25) is 9.78 Å². The Morgan fingerprint density at radius 1 is 1.56 bits per heavy atom. The molecule has 0 aromatic carbocycles. The number of aromatic nitrogens is 1. The van der Waals surface area contributed by atoms with Crippen LogP contribution in [0.25, 0.3) is 0 Å². The van der Waals surface area contributed by atoms with Gasteiger partial charge in [0.15, 0.2) is 5.82 Å². The maximum absolute atomic E-state index is 13.5. The molecule has 1 fully saturated rings. The van der Waals surface area contributed by atoms with E-state index in [1.54, 1.807) is 0 Å². The SMILES string of the molecule is CCC1(C(=O)Nc2ccncc2F)CCNCC1. The van der Waals surface area contributed by atoms with Crippen molar-refractivity contribution in [1.29, 1.82) is 0 Å². The Hall–Kier alpha value is -1.49. The van der Waals surface area contributed by atoms with Crippen LogP contribution in [0, 0.1) is 11.2 Å². The Kier molecular flexibility index (Phi) is 3.91. The molecule has 1 aliphatic rings. The highest BCUT2D eigenvalue weighted by Crippen LogP contribution is 2.34. The molecule has 0 bridgehead atoms. The normalized spacial score (nSPS) is 18.3. The number of hydrogen-bond donors (Lipinski definition) is 2. The minimum Gasteiger partial charge on any atom is -0.323 e. The van der Waals surface area contributed by atoms with Crippen molar-refractivity contribution in [2.24, 2.45) is 5.41 Å². The van der Waals surface area contributed by atoms with Gasteiger partial charge in [0.05, 0.1) is 17.3 Å². The molecule has 1 saturated heterocycles. The molecule has 4 nitrogen and oxygen atoms in total. The van der Waals surface area contributed by atoms with Gasteiger partial charge in [-0.05, 0) is 38.4 Å². The first kappa shape index (κ1) is 13.0. The highest BCUT2D eigenvalue weighted by molar-refractivity contribution is 5.95. The largest absolute Gasteiger partial charge is 0.323 e. The van der Waals surface area contributed by atoms with Gasteiger partial charge in [-0.25, -0.2) is 4.39 Å². The predicted octanol–water partition coefficient (Wildman–Crippen LogP) is 1.94. The lowest BCUT2D eigenvalue weighted by Gasteiger charge is -2.35. The number of carbonyl (C=O) groups is 1. The van der Waals surface area contributed by atoms with Crippen molar-refractivity contribution in [1.82, 2.24) is 10.3 Å². The molecule has 2 rings (SSSR count). The second-order valence-electron chi connectivity index (χ2n) is 4.69. The minimum atomic E-state index is -0.494. The summed E-state index contributed by atoms with van der Waals surface area (Å²) in [6.45, 7) is 3.67. The Labute approximate surface area is 106 Å². The van der Waals surface area contributed by atoms with Gasteiger partial charge < -0.3 is 10.6 Å². The van der Waals surface area contributed by atoms with E-state index in [0.29, 0.717) is 0 Å². The summed E-state index contributed by atoms with van der Waals surface area (Å²) in [5, 5.41) is 5.93. The zero-order valence-electron chi connectivity index (χ0n) is 10.5. The molecule has 0 radical (unpaired) electrons. The topological polar surface area (TPSA) is 54.0 Å². The lowest BCUT2D eigenvalue weighted by Crippen LogP contribution is -2.44. The van der Waals surface area contributed by atoms with E-state index in [9.17, 15) is 9.18 Å². The monoisotopic (exact) mass is 251 g/mol. The molecule has 0 aliphatic carbocycles. The first-order chi connectivity index (χ1) is 8.68. The number of hydrogen-bond acceptors (Lipinski definition) is 3. The number of pyridine rings is 1. The Bertz CT molecular complexity index is 430. The molecular formula is C13H18FN3O. The molecule has 0 unspecified atom stereocenters. The van der Waals surface area contributed by atoms with Crippen LogP contribution >= 0.6 is 0 Å². The second-order valence-corrected chi connectivity index (χ2v) is 4.69. The molecule has 98 valence electrons. The minimum absolute atomic E-state index is 0.0865. The van der Waals surface area contributed by atoms with E-state index in [-0.39, 0.29) is 17.0 Å². The molecule has 18 heavy (non-hydrogen) atoms. The van der Waals surface area contributed by atoms with E-state index in [1.807, 2.05) is 6.92 Å². The fourth-order valence-corrected chi connectivity index (χ4v) is 2.38. The van der Waals surface area contributed by atoms with Gasteiger partial charge in [0, 0.05) is 6.20 Å². The molecule has 0 saturated carbocycles. The van der Waals surface area contributed by atoms with E-state index in [2.05, 4.69) is 15.6 Å². The van der Waals surface area contributed by atoms with E-state index < -0.39 is 5.82 Å². The molecule has 2 heterocycles. The van der Waals surface area contributed by atoms with Crippen molar-refractivity contribution in [3.63, 3.8) is 0 Å². The molecule has 1 aromatic heterocycles. The third-order valence-corrected chi connectivity index (χ3v) is 3.74. The second kappa shape index (κ2) is 5.44. The Balaban J connectivity index is 2.13. The third-order valence-electron chi connectivity index (χ3n) is 3.74. The fourth-order valence-electron chi connectivity index (χ4n) is 2.38. The van der Waals surface area contributed by atoms with E-state index >= 15 is 0 Å². The van der Waals surface area contributed by atoms with Gasteiger partial charge in [0.1, 0.15) is 0 Å². The van der Waals surface area contributed by atoms with Gasteiger partial charge in [0.2, 0.25) is 5.91 Å². The number of halogens is 1. The van der Waals surface area contributed by atoms with Crippen molar-refractivity contribution in [2.45, 2.75) is 26.2 Å². The van der Waals surface area contributed by atoms with Crippen LogP contribution in [-0.4, -0.2) is 24.0 Å². The number of amides is 1. The van der Waals surface area contributed by atoms with Crippen molar-refractivity contribution in [3.8, 4) is 0 Å². The summed E-state index contributed by atoms with van der Waals surface area (Å²) >= 11 is 0. The highest BCUT2D eigenvalue weighted by Gasteiger charge is 2.37. The van der Waals surface area contributed by atoms with Gasteiger partial charge in [-0.15, -0.1) is 0 Å². The van der Waals surface area contributed by atoms with Crippen LogP contribution < -0.4 is 10.6 Å². The summed E-state index contributed by atoms with van der Waals surface area (Å²) in [6.07, 6.45) is 4.94. The quantitative estimate of drug-likeness (QED) is 0.863. The number of rotatable bonds is 3. The summed E-state index contributed by atoms with van der Waals surface area (Å²) in [5.74, 6) is -0.581. The molecule has 0 spiro atoms. The van der Waals surface area contributed by atoms with Crippen LogP contribution in [0.5, 0.6) is 0 Å². The Morgan fingerprint density at radius 3 is 2.89 bits per heavy atom. The molecule has 2 N–H and O–H groups in total. The smallest absolute Gasteiger partial charge is 0.230 e. The van der Waals surface area contributed by atoms with Crippen LogP contribution in [0.3, 0.4) is 0 Å². The lowest BCUT2D eigenvalue weighted by molar-refractivity contribution is -0.127. The van der Waals surface area contributed by atoms with Gasteiger partial charge in [-0.1, -0.05) is 6.92 Å². The van der Waals surface area contributed by atoms with E-state index in [0.717, 1.165) is 38.5 Å². The molecular weight excluding hydrogens is 233 g/mol. The van der Waals surface area contributed by atoms with Gasteiger partial charge >= 0.3 is 0 Å². The molecule has 1 aliphatic heterocycles.